The van der Waals surface area contributed by atoms with Crippen LogP contribution in [-0.4, -0.2) is 20.1 Å². The van der Waals surface area contributed by atoms with E-state index < -0.39 is 0 Å². The zero-order valence-corrected chi connectivity index (χ0v) is 8.74. The van der Waals surface area contributed by atoms with E-state index in [1.807, 2.05) is 7.05 Å². The standard InChI is InChI=1S/C3H9N2.Ac/c1-5-3-2-4;/h4-5H,2-3H2,1H3;/q-1;. The van der Waals surface area contributed by atoms with Crippen LogP contribution in [0.2, 0.25) is 0 Å². The van der Waals surface area contributed by atoms with Crippen molar-refractivity contribution in [1.82, 2.24) is 5.32 Å². The van der Waals surface area contributed by atoms with Crippen molar-refractivity contribution in [2.45, 2.75) is 0 Å². The first-order valence-corrected chi connectivity index (χ1v) is 1.71. The van der Waals surface area contributed by atoms with Gasteiger partial charge in [-0.05, 0) is 13.6 Å². The van der Waals surface area contributed by atoms with Gasteiger partial charge in [0.15, 0.2) is 0 Å². The van der Waals surface area contributed by atoms with E-state index in [4.69, 9.17) is 5.73 Å². The first-order valence-electron chi connectivity index (χ1n) is 1.71. The van der Waals surface area contributed by atoms with Crippen molar-refractivity contribution in [2.24, 2.45) is 0 Å². The minimum Gasteiger partial charge on any atom is -0.676 e. The molecule has 6 heavy (non-hydrogen) atoms. The summed E-state index contributed by atoms with van der Waals surface area (Å²) in [6.07, 6.45) is 0. The van der Waals surface area contributed by atoms with Crippen molar-refractivity contribution in [3.8, 4) is 0 Å². The Morgan fingerprint density at radius 2 is 2.17 bits per heavy atom. The largest absolute Gasteiger partial charge is 0.676 e. The first kappa shape index (κ1) is 10.4. The van der Waals surface area contributed by atoms with Gasteiger partial charge in [0.2, 0.25) is 0 Å². The van der Waals surface area contributed by atoms with Crippen LogP contribution in [0.15, 0.2) is 0 Å². The Labute approximate surface area is 74.4 Å². The number of likely N-dealkylation sites (N-methyl/N-ethyl adjacent to an activating group) is 1. The molecule has 0 aromatic heterocycles. The fourth-order valence-electron chi connectivity index (χ4n) is 0.125. The molecular formula is C3H9AcN2-. The predicted molar refractivity (Wildman–Crippen MR) is 23.1 cm³/mol. The molecule has 0 aliphatic carbocycles. The van der Waals surface area contributed by atoms with Crippen LogP contribution < -0.4 is 5.32 Å². The summed E-state index contributed by atoms with van der Waals surface area (Å²) < 4.78 is 0. The van der Waals surface area contributed by atoms with E-state index in [1.54, 1.807) is 0 Å². The fraction of sp³-hybridized carbons (Fsp3) is 1.00. The molecular weight excluding hydrogens is 291 g/mol. The molecule has 2 nitrogen and oxygen atoms in total. The van der Waals surface area contributed by atoms with Gasteiger partial charge in [0.05, 0.1) is 0 Å². The second kappa shape index (κ2) is 9.61. The van der Waals surface area contributed by atoms with E-state index in [-0.39, 0.29) is 44.1 Å². The summed E-state index contributed by atoms with van der Waals surface area (Å²) in [5.74, 6) is 0. The number of hydrogen-bond donors (Lipinski definition) is 1. The van der Waals surface area contributed by atoms with Crippen LogP contribution in [0.1, 0.15) is 0 Å². The Bertz CT molecular complexity index is 16.3. The normalized spacial score (nSPS) is 7.00. The molecule has 0 rings (SSSR count). The molecule has 0 spiro atoms. The Balaban J connectivity index is 0. The molecule has 0 unspecified atom stereocenters. The van der Waals surface area contributed by atoms with Crippen molar-refractivity contribution in [2.75, 3.05) is 20.1 Å². The number of rotatable bonds is 2. The molecule has 0 atom stereocenters. The average Bonchev–Trinajstić information content (AvgIpc) is 1.41. The zero-order valence-electron chi connectivity index (χ0n) is 3.99. The van der Waals surface area contributed by atoms with E-state index in [1.165, 1.54) is 0 Å². The van der Waals surface area contributed by atoms with Gasteiger partial charge < -0.3 is 11.1 Å². The van der Waals surface area contributed by atoms with Gasteiger partial charge in [-0.25, -0.2) is 0 Å². The second-order valence-electron chi connectivity index (χ2n) is 0.854. The zero-order chi connectivity index (χ0) is 4.12. The molecule has 0 aromatic carbocycles. The monoisotopic (exact) mass is 300 g/mol. The van der Waals surface area contributed by atoms with E-state index in [0.29, 0.717) is 6.54 Å². The number of hydrogen-bond acceptors (Lipinski definition) is 1. The molecule has 2 N–H and O–H groups in total. The van der Waals surface area contributed by atoms with Gasteiger partial charge in [0, 0.05) is 44.1 Å². The van der Waals surface area contributed by atoms with Crippen molar-refractivity contribution < 1.29 is 44.1 Å². The molecule has 0 fully saturated rings. The Morgan fingerprint density at radius 1 is 1.67 bits per heavy atom. The SMILES string of the molecule is CNCC[NH-].[Ac]. The minimum absolute atomic E-state index is 0. The number of nitrogens with one attached hydrogen (secondary N) is 2. The van der Waals surface area contributed by atoms with Gasteiger partial charge in [-0.3, -0.25) is 0 Å². The molecule has 0 saturated carbocycles. The van der Waals surface area contributed by atoms with E-state index in [9.17, 15) is 0 Å². The van der Waals surface area contributed by atoms with Crippen molar-refractivity contribution in [3.63, 3.8) is 0 Å². The molecule has 0 heterocycles. The molecule has 0 amide bonds. The topological polar surface area (TPSA) is 35.8 Å². The van der Waals surface area contributed by atoms with E-state index >= 15 is 0 Å². The molecule has 0 aliphatic heterocycles. The third-order valence-corrected chi connectivity index (χ3v) is 0.375. The summed E-state index contributed by atoms with van der Waals surface area (Å²) in [6.45, 7) is 1.29. The summed E-state index contributed by atoms with van der Waals surface area (Å²) in [4.78, 5) is 0. The minimum atomic E-state index is 0. The van der Waals surface area contributed by atoms with Gasteiger partial charge in [-0.15, -0.1) is 6.54 Å². The third kappa shape index (κ3) is 9.03. The van der Waals surface area contributed by atoms with Crippen LogP contribution in [0.3, 0.4) is 0 Å². The second-order valence-corrected chi connectivity index (χ2v) is 0.854. The smallest absolute Gasteiger partial charge is 0 e. The van der Waals surface area contributed by atoms with Crippen LogP contribution in [0, 0.1) is 44.1 Å². The van der Waals surface area contributed by atoms with Gasteiger partial charge in [-0.2, -0.15) is 0 Å². The van der Waals surface area contributed by atoms with Crippen LogP contribution in [0.25, 0.3) is 5.73 Å². The molecule has 3 heteroatoms. The van der Waals surface area contributed by atoms with Crippen molar-refractivity contribution >= 4 is 0 Å². The maximum atomic E-state index is 6.54. The summed E-state index contributed by atoms with van der Waals surface area (Å²) >= 11 is 0. The van der Waals surface area contributed by atoms with E-state index in [0.717, 1.165) is 6.54 Å². The van der Waals surface area contributed by atoms with Crippen molar-refractivity contribution in [3.05, 3.63) is 5.73 Å². The summed E-state index contributed by atoms with van der Waals surface area (Å²) in [7, 11) is 1.84. The van der Waals surface area contributed by atoms with Gasteiger partial charge >= 0.3 is 0 Å². The fourth-order valence-corrected chi connectivity index (χ4v) is 0.125. The summed E-state index contributed by atoms with van der Waals surface area (Å²) in [5, 5.41) is 2.83. The Hall–Kier alpha value is 1.36. The summed E-state index contributed by atoms with van der Waals surface area (Å²) in [6, 6.07) is 0. The van der Waals surface area contributed by atoms with Crippen LogP contribution >= 0.6 is 0 Å². The maximum Gasteiger partial charge on any atom is 0 e. The average molecular weight is 300 g/mol. The Kier molecular flexibility index (Phi) is 16.6. The molecule has 35 valence electrons. The van der Waals surface area contributed by atoms with Crippen LogP contribution in [-0.2, 0) is 0 Å². The summed E-state index contributed by atoms with van der Waals surface area (Å²) in [5.41, 5.74) is 6.54. The third-order valence-electron chi connectivity index (χ3n) is 0.375. The first-order chi connectivity index (χ1) is 2.41. The molecule has 0 saturated heterocycles. The molecule has 1 radical (unpaired) electrons. The van der Waals surface area contributed by atoms with Crippen LogP contribution in [0.5, 0.6) is 0 Å². The maximum absolute atomic E-state index is 6.54. The Morgan fingerprint density at radius 3 is 2.17 bits per heavy atom. The van der Waals surface area contributed by atoms with Gasteiger partial charge in [0.25, 0.3) is 0 Å². The van der Waals surface area contributed by atoms with E-state index in [2.05, 4.69) is 5.32 Å². The van der Waals surface area contributed by atoms with Gasteiger partial charge in [0.1, 0.15) is 0 Å². The predicted octanol–water partition coefficient (Wildman–Crippen LogP) is 0.258. The van der Waals surface area contributed by atoms with Crippen LogP contribution in [0.4, 0.5) is 0 Å². The molecule has 0 aliphatic rings. The van der Waals surface area contributed by atoms with Gasteiger partial charge in [-0.1, -0.05) is 0 Å². The quantitative estimate of drug-likeness (QED) is 0.780. The van der Waals surface area contributed by atoms with Crippen molar-refractivity contribution in [1.29, 1.82) is 0 Å². The molecule has 0 bridgehead atoms. The molecule has 0 aromatic rings.